The number of aromatic nitrogens is 1. The van der Waals surface area contributed by atoms with E-state index in [4.69, 9.17) is 37.8 Å². The third kappa shape index (κ3) is 8.38. The molecule has 1 heterocycles. The summed E-state index contributed by atoms with van der Waals surface area (Å²) in [5.41, 5.74) is 5.02. The zero-order valence-corrected chi connectivity index (χ0v) is 24.5. The first-order chi connectivity index (χ1) is 19.9. The van der Waals surface area contributed by atoms with Crippen LogP contribution in [0.1, 0.15) is 47.9 Å². The van der Waals surface area contributed by atoms with Gasteiger partial charge >= 0.3 is 5.97 Å². The molecule has 6 nitrogen and oxygen atoms in total. The summed E-state index contributed by atoms with van der Waals surface area (Å²) in [5, 5.41) is 11.1. The van der Waals surface area contributed by atoms with Crippen molar-refractivity contribution >= 4 is 58.5 Å². The zero-order chi connectivity index (χ0) is 29.2. The lowest BCUT2D eigenvalue weighted by molar-refractivity contribution is -0.137. The van der Waals surface area contributed by atoms with Gasteiger partial charge in [-0.15, -0.1) is 0 Å². The second-order valence-corrected chi connectivity index (χ2v) is 10.6. The lowest BCUT2D eigenvalue weighted by Crippen LogP contribution is -2.03. The largest absolute Gasteiger partial charge is 0.494 e. The summed E-state index contributed by atoms with van der Waals surface area (Å²) in [6, 6.07) is 17.6. The highest BCUT2D eigenvalue weighted by molar-refractivity contribution is 6.37. The van der Waals surface area contributed by atoms with E-state index < -0.39 is 5.97 Å². The van der Waals surface area contributed by atoms with E-state index in [-0.39, 0.29) is 13.0 Å². The molecular formula is C33H33Cl2NO5. The van der Waals surface area contributed by atoms with Gasteiger partial charge in [-0.2, -0.15) is 0 Å². The van der Waals surface area contributed by atoms with Crippen molar-refractivity contribution in [1.82, 2.24) is 4.57 Å². The van der Waals surface area contributed by atoms with E-state index in [1.165, 1.54) is 0 Å². The van der Waals surface area contributed by atoms with Crippen LogP contribution in [0.15, 0.2) is 60.8 Å². The Morgan fingerprint density at radius 2 is 1.66 bits per heavy atom. The van der Waals surface area contributed by atoms with Crippen molar-refractivity contribution in [3.63, 3.8) is 0 Å². The molecule has 0 saturated carbocycles. The van der Waals surface area contributed by atoms with Crippen molar-refractivity contribution in [2.75, 3.05) is 13.2 Å². The summed E-state index contributed by atoms with van der Waals surface area (Å²) in [6.07, 6.45) is 9.84. The highest BCUT2D eigenvalue weighted by atomic mass is 35.5. The van der Waals surface area contributed by atoms with Gasteiger partial charge in [0.1, 0.15) is 12.0 Å². The number of carboxylic acids is 1. The highest BCUT2D eigenvalue weighted by Crippen LogP contribution is 2.34. The maximum Gasteiger partial charge on any atom is 0.303 e. The number of fused-ring (bicyclic) bond motifs is 1. The molecule has 0 spiro atoms. The second kappa shape index (κ2) is 14.8. The smallest absolute Gasteiger partial charge is 0.303 e. The molecule has 4 rings (SSSR count). The standard InChI is InChI=1S/C33H33Cl2NO5/c1-23-20-29(34)33(30(35)21-23)41-19-3-2-18-40-27-14-11-24(12-15-27)10-13-25-6-4-8-28-26(7-5-9-31(38)39)22-36(16-17-37)32(25)28/h4,6,8,10-15,17,20-22H,2-3,5,7,9,16,18-19H2,1H3,(H,38,39)/b13-10+. The molecule has 1 aromatic heterocycles. The number of aryl methyl sites for hydroxylation is 2. The molecule has 214 valence electrons. The Hall–Kier alpha value is -3.74. The quantitative estimate of drug-likeness (QED) is 0.0852. The van der Waals surface area contributed by atoms with Crippen LogP contribution in [0.3, 0.4) is 0 Å². The number of benzene rings is 3. The van der Waals surface area contributed by atoms with Gasteiger partial charge < -0.3 is 23.9 Å². The SMILES string of the molecule is Cc1cc(Cl)c(OCCCCOc2ccc(/C=C/c3cccc4c(CCCC(=O)O)cn(CC=O)c34)cc2)c(Cl)c1. The van der Waals surface area contributed by atoms with Crippen molar-refractivity contribution < 1.29 is 24.2 Å². The van der Waals surface area contributed by atoms with E-state index in [1.807, 2.05) is 84.4 Å². The molecule has 0 unspecified atom stereocenters. The molecule has 41 heavy (non-hydrogen) atoms. The van der Waals surface area contributed by atoms with Crippen LogP contribution in [-0.2, 0) is 22.6 Å². The Morgan fingerprint density at radius 3 is 2.34 bits per heavy atom. The number of aliphatic carboxylic acids is 1. The van der Waals surface area contributed by atoms with E-state index in [2.05, 4.69) is 0 Å². The van der Waals surface area contributed by atoms with Crippen molar-refractivity contribution in [2.45, 2.75) is 45.6 Å². The summed E-state index contributed by atoms with van der Waals surface area (Å²) in [6.45, 7) is 3.25. The van der Waals surface area contributed by atoms with Crippen molar-refractivity contribution in [1.29, 1.82) is 0 Å². The average molecular weight is 595 g/mol. The highest BCUT2D eigenvalue weighted by Gasteiger charge is 2.12. The fourth-order valence-corrected chi connectivity index (χ4v) is 5.41. The molecule has 8 heteroatoms. The first-order valence-corrected chi connectivity index (χ1v) is 14.4. The number of ether oxygens (including phenoxy) is 2. The number of nitrogens with zero attached hydrogens (tertiary/aromatic N) is 1. The molecule has 0 aliphatic heterocycles. The van der Waals surface area contributed by atoms with Gasteiger partial charge in [-0.1, -0.05) is 65.7 Å². The topological polar surface area (TPSA) is 77.8 Å². The lowest BCUT2D eigenvalue weighted by atomic mass is 10.0. The van der Waals surface area contributed by atoms with Gasteiger partial charge in [0.25, 0.3) is 0 Å². The van der Waals surface area contributed by atoms with E-state index in [0.29, 0.717) is 41.9 Å². The first kappa shape index (κ1) is 30.2. The maximum absolute atomic E-state index is 11.3. The van der Waals surface area contributed by atoms with Crippen LogP contribution in [-0.4, -0.2) is 35.1 Å². The van der Waals surface area contributed by atoms with Crippen LogP contribution in [0.2, 0.25) is 10.0 Å². The lowest BCUT2D eigenvalue weighted by Gasteiger charge is -2.11. The molecule has 0 amide bonds. The number of aldehydes is 1. The minimum absolute atomic E-state index is 0.118. The third-order valence-electron chi connectivity index (χ3n) is 6.65. The van der Waals surface area contributed by atoms with Crippen LogP contribution in [0.4, 0.5) is 0 Å². The predicted molar refractivity (Wildman–Crippen MR) is 165 cm³/mol. The minimum atomic E-state index is -0.804. The monoisotopic (exact) mass is 593 g/mol. The second-order valence-electron chi connectivity index (χ2n) is 9.83. The molecule has 0 aliphatic carbocycles. The van der Waals surface area contributed by atoms with E-state index in [0.717, 1.165) is 58.0 Å². The molecule has 0 aliphatic rings. The Kier molecular flexibility index (Phi) is 10.9. The van der Waals surface area contributed by atoms with Crippen LogP contribution in [0.25, 0.3) is 23.1 Å². The third-order valence-corrected chi connectivity index (χ3v) is 7.21. The number of para-hydroxylation sites is 1. The first-order valence-electron chi connectivity index (χ1n) is 13.6. The number of carboxylic acid groups (broad SMARTS) is 1. The summed E-state index contributed by atoms with van der Waals surface area (Å²) < 4.78 is 13.6. The number of carbonyl (C=O) groups excluding carboxylic acids is 1. The Balaban J connectivity index is 1.31. The number of hydrogen-bond acceptors (Lipinski definition) is 4. The molecule has 3 aromatic carbocycles. The summed E-state index contributed by atoms with van der Waals surface area (Å²) in [4.78, 5) is 22.3. The Labute approximate surface area is 250 Å². The molecule has 0 atom stereocenters. The van der Waals surface area contributed by atoms with Gasteiger partial charge in [-0.05, 0) is 79.1 Å². The normalized spacial score (nSPS) is 11.3. The fourth-order valence-electron chi connectivity index (χ4n) is 4.71. The molecule has 0 saturated heterocycles. The van der Waals surface area contributed by atoms with Crippen molar-refractivity contribution in [3.05, 3.63) is 93.1 Å². The van der Waals surface area contributed by atoms with Crippen molar-refractivity contribution in [3.8, 4) is 11.5 Å². The summed E-state index contributed by atoms with van der Waals surface area (Å²) in [5.74, 6) is 0.509. The number of rotatable bonds is 15. The van der Waals surface area contributed by atoms with Crippen LogP contribution >= 0.6 is 23.2 Å². The minimum Gasteiger partial charge on any atom is -0.494 e. The molecular weight excluding hydrogens is 561 g/mol. The van der Waals surface area contributed by atoms with Crippen LogP contribution in [0.5, 0.6) is 11.5 Å². The van der Waals surface area contributed by atoms with Gasteiger partial charge in [-0.25, -0.2) is 0 Å². The average Bonchev–Trinajstić information content (AvgIpc) is 3.29. The van der Waals surface area contributed by atoms with Crippen LogP contribution in [0, 0.1) is 6.92 Å². The van der Waals surface area contributed by atoms with Gasteiger partial charge in [0.2, 0.25) is 0 Å². The van der Waals surface area contributed by atoms with Gasteiger partial charge in [0, 0.05) is 18.0 Å². The van der Waals surface area contributed by atoms with E-state index >= 15 is 0 Å². The molecule has 0 bridgehead atoms. The van der Waals surface area contributed by atoms with Gasteiger partial charge in [-0.3, -0.25) is 4.79 Å². The van der Waals surface area contributed by atoms with E-state index in [9.17, 15) is 9.59 Å². The molecule has 1 N–H and O–H groups in total. The number of unbranched alkanes of at least 4 members (excludes halogenated alkanes) is 1. The van der Waals surface area contributed by atoms with Crippen LogP contribution < -0.4 is 9.47 Å². The number of carbonyl (C=O) groups is 2. The number of halogens is 2. The zero-order valence-electron chi connectivity index (χ0n) is 22.9. The maximum atomic E-state index is 11.3. The Bertz CT molecular complexity index is 1500. The molecule has 0 radical (unpaired) electrons. The predicted octanol–water partition coefficient (Wildman–Crippen LogP) is 8.27. The Morgan fingerprint density at radius 1 is 0.951 bits per heavy atom. The van der Waals surface area contributed by atoms with E-state index in [1.54, 1.807) is 0 Å². The number of hydrogen-bond donors (Lipinski definition) is 1. The van der Waals surface area contributed by atoms with Gasteiger partial charge in [0.05, 0.1) is 35.3 Å². The summed E-state index contributed by atoms with van der Waals surface area (Å²) in [7, 11) is 0. The molecule has 4 aromatic rings. The summed E-state index contributed by atoms with van der Waals surface area (Å²) >= 11 is 12.5. The van der Waals surface area contributed by atoms with Crippen molar-refractivity contribution in [2.24, 2.45) is 0 Å². The van der Waals surface area contributed by atoms with Gasteiger partial charge in [0.15, 0.2) is 5.75 Å². The molecule has 0 fully saturated rings. The fraction of sp³-hybridized carbons (Fsp3) is 0.273.